The van der Waals surface area contributed by atoms with Crippen LogP contribution in [0.5, 0.6) is 11.5 Å². The second kappa shape index (κ2) is 9.56. The van der Waals surface area contributed by atoms with Gasteiger partial charge in [-0.25, -0.2) is 0 Å². The molecule has 31 heavy (non-hydrogen) atoms. The molecule has 1 aliphatic rings. The molecule has 4 nitrogen and oxygen atoms in total. The smallest absolute Gasteiger partial charge is 0.270 e. The molecule has 0 unspecified atom stereocenters. The van der Waals surface area contributed by atoms with Gasteiger partial charge >= 0.3 is 0 Å². The van der Waals surface area contributed by atoms with Crippen molar-refractivity contribution in [1.82, 2.24) is 0 Å². The molecule has 0 spiro atoms. The molecule has 1 fully saturated rings. The summed E-state index contributed by atoms with van der Waals surface area (Å²) >= 11 is 13.0. The summed E-state index contributed by atoms with van der Waals surface area (Å²) in [5.41, 5.74) is 2.39. The fourth-order valence-electron chi connectivity index (χ4n) is 3.07. The number of benzene rings is 3. The number of carbonyl (C=O) groups is 1. The number of amides is 1. The van der Waals surface area contributed by atoms with E-state index in [0.717, 1.165) is 11.1 Å². The third-order valence-electron chi connectivity index (χ3n) is 4.67. The van der Waals surface area contributed by atoms with Crippen LogP contribution in [0.3, 0.4) is 0 Å². The quantitative estimate of drug-likeness (QED) is 0.312. The van der Waals surface area contributed by atoms with Gasteiger partial charge in [-0.15, -0.1) is 0 Å². The van der Waals surface area contributed by atoms with E-state index in [1.54, 1.807) is 19.2 Å². The molecule has 156 valence electrons. The first kappa shape index (κ1) is 21.4. The van der Waals surface area contributed by atoms with Gasteiger partial charge in [-0.3, -0.25) is 9.69 Å². The van der Waals surface area contributed by atoms with Gasteiger partial charge in [0.05, 0.1) is 17.7 Å². The minimum atomic E-state index is -0.166. The van der Waals surface area contributed by atoms with Gasteiger partial charge in [-0.1, -0.05) is 72.0 Å². The van der Waals surface area contributed by atoms with E-state index < -0.39 is 0 Å². The van der Waals surface area contributed by atoms with E-state index in [9.17, 15) is 4.79 Å². The van der Waals surface area contributed by atoms with Gasteiger partial charge in [0, 0.05) is 16.1 Å². The van der Waals surface area contributed by atoms with E-state index in [1.165, 1.54) is 16.7 Å². The number of thiocarbonyl (C=S) groups is 1. The van der Waals surface area contributed by atoms with E-state index in [4.69, 9.17) is 33.3 Å². The maximum atomic E-state index is 13.1. The summed E-state index contributed by atoms with van der Waals surface area (Å²) in [4.78, 5) is 15.1. The summed E-state index contributed by atoms with van der Waals surface area (Å²) in [6.45, 7) is 0.331. The van der Waals surface area contributed by atoms with Crippen LogP contribution in [0, 0.1) is 0 Å². The number of anilines is 1. The van der Waals surface area contributed by atoms with Gasteiger partial charge in [0.1, 0.15) is 18.1 Å². The number of nitrogens with zero attached hydrogens (tertiary/aromatic N) is 1. The monoisotopic (exact) mass is 467 g/mol. The van der Waals surface area contributed by atoms with Crippen molar-refractivity contribution in [1.29, 1.82) is 0 Å². The van der Waals surface area contributed by atoms with Crippen LogP contribution in [0.2, 0.25) is 5.02 Å². The zero-order chi connectivity index (χ0) is 21.8. The number of ether oxygens (including phenoxy) is 2. The maximum absolute atomic E-state index is 13.1. The molecule has 1 amide bonds. The normalized spacial score (nSPS) is 14.9. The molecule has 0 aliphatic carbocycles. The van der Waals surface area contributed by atoms with Gasteiger partial charge in [-0.2, -0.15) is 0 Å². The lowest BCUT2D eigenvalue weighted by molar-refractivity contribution is -0.113. The van der Waals surface area contributed by atoms with Crippen LogP contribution >= 0.6 is 35.6 Å². The number of para-hydroxylation sites is 1. The lowest BCUT2D eigenvalue weighted by Gasteiger charge is -2.14. The van der Waals surface area contributed by atoms with Gasteiger partial charge in [0.2, 0.25) is 0 Å². The Labute approximate surface area is 195 Å². The zero-order valence-corrected chi connectivity index (χ0v) is 19.0. The van der Waals surface area contributed by atoms with Crippen molar-refractivity contribution in [2.24, 2.45) is 0 Å². The third-order valence-corrected chi connectivity index (χ3v) is 6.34. The van der Waals surface area contributed by atoms with Gasteiger partial charge in [0.25, 0.3) is 5.91 Å². The first-order valence-electron chi connectivity index (χ1n) is 9.44. The third kappa shape index (κ3) is 4.77. The van der Waals surface area contributed by atoms with E-state index in [1.807, 2.05) is 66.7 Å². The van der Waals surface area contributed by atoms with Gasteiger partial charge in [-0.05, 0) is 42.5 Å². The number of hydrogen-bond acceptors (Lipinski definition) is 5. The first-order chi connectivity index (χ1) is 15.1. The summed E-state index contributed by atoms with van der Waals surface area (Å²) in [6, 6.07) is 22.3. The SMILES string of the molecule is COc1ccc(N2C(=O)/C(=C/c3ccccc3OCc3ccccc3Cl)SC2=S)cc1. The predicted molar refractivity (Wildman–Crippen MR) is 131 cm³/mol. The lowest BCUT2D eigenvalue weighted by Crippen LogP contribution is -2.27. The number of hydrogen-bond donors (Lipinski definition) is 0. The molecule has 4 rings (SSSR count). The van der Waals surface area contributed by atoms with Crippen molar-refractivity contribution in [3.8, 4) is 11.5 Å². The standard InChI is InChI=1S/C24H18ClNO3S2/c1-28-19-12-10-18(11-13-19)26-23(27)22(31-24(26)30)14-16-6-3-5-9-21(16)29-15-17-7-2-4-8-20(17)25/h2-14H,15H2,1H3/b22-14-. The number of halogens is 1. The zero-order valence-electron chi connectivity index (χ0n) is 16.6. The predicted octanol–water partition coefficient (Wildman–Crippen LogP) is 6.33. The summed E-state index contributed by atoms with van der Waals surface area (Å²) in [5.74, 6) is 1.22. The fraction of sp³-hybridized carbons (Fsp3) is 0.0833. The van der Waals surface area contributed by atoms with E-state index >= 15 is 0 Å². The minimum Gasteiger partial charge on any atom is -0.497 e. The number of carbonyl (C=O) groups excluding carboxylic acids is 1. The second-order valence-electron chi connectivity index (χ2n) is 6.63. The summed E-state index contributed by atoms with van der Waals surface area (Å²) in [7, 11) is 1.60. The molecule has 0 saturated carbocycles. The molecule has 1 heterocycles. The molecule has 0 aromatic heterocycles. The van der Waals surface area contributed by atoms with Crippen LogP contribution < -0.4 is 14.4 Å². The lowest BCUT2D eigenvalue weighted by atomic mass is 10.1. The first-order valence-corrected chi connectivity index (χ1v) is 11.0. The van der Waals surface area contributed by atoms with Crippen LogP contribution in [0.25, 0.3) is 6.08 Å². The molecule has 1 saturated heterocycles. The Morgan fingerprint density at radius 2 is 1.74 bits per heavy atom. The largest absolute Gasteiger partial charge is 0.497 e. The highest BCUT2D eigenvalue weighted by atomic mass is 35.5. The van der Waals surface area contributed by atoms with Crippen LogP contribution in [0.4, 0.5) is 5.69 Å². The molecule has 0 radical (unpaired) electrons. The summed E-state index contributed by atoms with van der Waals surface area (Å²) < 4.78 is 11.7. The minimum absolute atomic E-state index is 0.166. The Morgan fingerprint density at radius 1 is 1.03 bits per heavy atom. The van der Waals surface area contributed by atoms with Crippen LogP contribution in [0.15, 0.2) is 77.7 Å². The number of thioether (sulfide) groups is 1. The molecule has 0 N–H and O–H groups in total. The number of methoxy groups -OCH3 is 1. The Kier molecular flexibility index (Phi) is 6.61. The molecular weight excluding hydrogens is 450 g/mol. The summed E-state index contributed by atoms with van der Waals surface area (Å²) in [5, 5.41) is 0.653. The number of rotatable bonds is 6. The van der Waals surface area contributed by atoms with Crippen molar-refractivity contribution in [2.45, 2.75) is 6.61 Å². The van der Waals surface area contributed by atoms with Crippen LogP contribution in [0.1, 0.15) is 11.1 Å². The molecule has 7 heteroatoms. The Balaban J connectivity index is 1.56. The molecule has 3 aromatic rings. The Morgan fingerprint density at radius 3 is 2.48 bits per heavy atom. The van der Waals surface area contributed by atoms with E-state index in [-0.39, 0.29) is 5.91 Å². The van der Waals surface area contributed by atoms with Crippen molar-refractivity contribution >= 4 is 57.6 Å². The average molecular weight is 468 g/mol. The molecule has 3 aromatic carbocycles. The van der Waals surface area contributed by atoms with E-state index in [2.05, 4.69) is 0 Å². The summed E-state index contributed by atoms with van der Waals surface area (Å²) in [6.07, 6.45) is 1.81. The average Bonchev–Trinajstić information content (AvgIpc) is 3.07. The van der Waals surface area contributed by atoms with Crippen molar-refractivity contribution in [3.63, 3.8) is 0 Å². The topological polar surface area (TPSA) is 38.8 Å². The highest BCUT2D eigenvalue weighted by Crippen LogP contribution is 2.37. The molecular formula is C24H18ClNO3S2. The highest BCUT2D eigenvalue weighted by molar-refractivity contribution is 8.27. The Hall–Kier alpha value is -2.80. The van der Waals surface area contributed by atoms with Crippen LogP contribution in [-0.4, -0.2) is 17.3 Å². The highest BCUT2D eigenvalue weighted by Gasteiger charge is 2.33. The van der Waals surface area contributed by atoms with Crippen molar-refractivity contribution in [3.05, 3.63) is 93.9 Å². The van der Waals surface area contributed by atoms with E-state index in [0.29, 0.717) is 38.0 Å². The van der Waals surface area contributed by atoms with Gasteiger partial charge < -0.3 is 9.47 Å². The Bertz CT molecular complexity index is 1160. The van der Waals surface area contributed by atoms with Crippen molar-refractivity contribution in [2.75, 3.05) is 12.0 Å². The molecule has 0 bridgehead atoms. The van der Waals surface area contributed by atoms with Crippen LogP contribution in [-0.2, 0) is 11.4 Å². The van der Waals surface area contributed by atoms with Crippen molar-refractivity contribution < 1.29 is 14.3 Å². The maximum Gasteiger partial charge on any atom is 0.270 e. The van der Waals surface area contributed by atoms with Gasteiger partial charge in [0.15, 0.2) is 4.32 Å². The molecule has 0 atom stereocenters. The second-order valence-corrected chi connectivity index (χ2v) is 8.72. The fourth-order valence-corrected chi connectivity index (χ4v) is 4.55. The molecule has 1 aliphatic heterocycles.